The zero-order valence-electron chi connectivity index (χ0n) is 10.2. The summed E-state index contributed by atoms with van der Waals surface area (Å²) in [5, 5.41) is 7.00. The van der Waals surface area contributed by atoms with Gasteiger partial charge in [-0.1, -0.05) is 32.9 Å². The molecule has 0 spiro atoms. The largest absolute Gasteiger partial charge is 0.400 e. The van der Waals surface area contributed by atoms with Crippen molar-refractivity contribution >= 4 is 5.69 Å². The third kappa shape index (κ3) is 4.84. The Kier molecular flexibility index (Phi) is 6.80. The molecule has 0 atom stereocenters. The number of aliphatic hydroxyl groups is 1. The van der Waals surface area contributed by atoms with Gasteiger partial charge in [0.15, 0.2) is 0 Å². The van der Waals surface area contributed by atoms with E-state index in [2.05, 4.69) is 39.0 Å². The Morgan fingerprint density at radius 3 is 2.27 bits per heavy atom. The van der Waals surface area contributed by atoms with Gasteiger partial charge in [0.2, 0.25) is 0 Å². The molecule has 0 aromatic heterocycles. The Morgan fingerprint density at radius 2 is 1.87 bits per heavy atom. The van der Waals surface area contributed by atoms with Gasteiger partial charge in [0.05, 0.1) is 0 Å². The van der Waals surface area contributed by atoms with Gasteiger partial charge in [-0.15, -0.1) is 0 Å². The van der Waals surface area contributed by atoms with Gasteiger partial charge in [-0.05, 0) is 36.0 Å². The average Bonchev–Trinajstić information content (AvgIpc) is 2.20. The minimum Gasteiger partial charge on any atom is -0.400 e. The van der Waals surface area contributed by atoms with E-state index >= 15 is 0 Å². The van der Waals surface area contributed by atoms with Crippen LogP contribution < -0.4 is 5.73 Å². The molecule has 0 aliphatic rings. The molecule has 15 heavy (non-hydrogen) atoms. The lowest BCUT2D eigenvalue weighted by Gasteiger charge is -2.08. The SMILES string of the molecule is CCc1ccc(CC(C)C)cc1N.CO. The number of anilines is 1. The summed E-state index contributed by atoms with van der Waals surface area (Å²) in [6.07, 6.45) is 2.14. The second-order valence-electron chi connectivity index (χ2n) is 3.98. The monoisotopic (exact) mass is 209 g/mol. The van der Waals surface area contributed by atoms with Gasteiger partial charge in [-0.2, -0.15) is 0 Å². The van der Waals surface area contributed by atoms with E-state index in [4.69, 9.17) is 10.8 Å². The Hall–Kier alpha value is -1.02. The van der Waals surface area contributed by atoms with Crippen LogP contribution in [-0.2, 0) is 12.8 Å². The summed E-state index contributed by atoms with van der Waals surface area (Å²) in [6.45, 7) is 6.58. The summed E-state index contributed by atoms with van der Waals surface area (Å²) in [4.78, 5) is 0. The lowest BCUT2D eigenvalue weighted by atomic mass is 10.00. The van der Waals surface area contributed by atoms with Crippen LogP contribution >= 0.6 is 0 Å². The number of aryl methyl sites for hydroxylation is 1. The zero-order chi connectivity index (χ0) is 11.8. The molecular weight excluding hydrogens is 186 g/mol. The lowest BCUT2D eigenvalue weighted by molar-refractivity contribution is 0.399. The van der Waals surface area contributed by atoms with Crippen molar-refractivity contribution in [1.29, 1.82) is 0 Å². The van der Waals surface area contributed by atoms with E-state index in [9.17, 15) is 0 Å². The molecular formula is C13H23NO. The summed E-state index contributed by atoms with van der Waals surface area (Å²) in [6, 6.07) is 6.45. The quantitative estimate of drug-likeness (QED) is 0.752. The summed E-state index contributed by atoms with van der Waals surface area (Å²) < 4.78 is 0. The first kappa shape index (κ1) is 14.0. The van der Waals surface area contributed by atoms with Gasteiger partial charge < -0.3 is 10.8 Å². The van der Waals surface area contributed by atoms with Crippen LogP contribution in [0.3, 0.4) is 0 Å². The summed E-state index contributed by atoms with van der Waals surface area (Å²) >= 11 is 0. The van der Waals surface area contributed by atoms with Gasteiger partial charge >= 0.3 is 0 Å². The highest BCUT2D eigenvalue weighted by Gasteiger charge is 2.00. The number of hydrogen-bond acceptors (Lipinski definition) is 2. The van der Waals surface area contributed by atoms with E-state index in [1.54, 1.807) is 0 Å². The van der Waals surface area contributed by atoms with Crippen LogP contribution in [0.1, 0.15) is 31.9 Å². The van der Waals surface area contributed by atoms with Gasteiger partial charge in [0.1, 0.15) is 0 Å². The first-order chi connectivity index (χ1) is 7.13. The molecule has 1 aromatic rings. The predicted octanol–water partition coefficient (Wildman–Crippen LogP) is 2.64. The van der Waals surface area contributed by atoms with Gasteiger partial charge in [0.25, 0.3) is 0 Å². The topological polar surface area (TPSA) is 46.2 Å². The molecule has 0 unspecified atom stereocenters. The normalized spacial score (nSPS) is 9.73. The number of benzene rings is 1. The van der Waals surface area contributed by atoms with Gasteiger partial charge in [-0.3, -0.25) is 0 Å². The first-order valence-electron chi connectivity index (χ1n) is 5.45. The number of rotatable bonds is 3. The van der Waals surface area contributed by atoms with Crippen LogP contribution in [0.2, 0.25) is 0 Å². The highest BCUT2D eigenvalue weighted by Crippen LogP contribution is 2.17. The van der Waals surface area contributed by atoms with E-state index in [-0.39, 0.29) is 0 Å². The number of nitrogens with two attached hydrogens (primary N) is 1. The first-order valence-corrected chi connectivity index (χ1v) is 5.45. The number of nitrogen functional groups attached to an aromatic ring is 1. The van der Waals surface area contributed by atoms with Gasteiger partial charge in [0, 0.05) is 12.8 Å². The van der Waals surface area contributed by atoms with Crippen molar-refractivity contribution in [3.8, 4) is 0 Å². The molecule has 86 valence electrons. The van der Waals surface area contributed by atoms with Crippen LogP contribution in [0.4, 0.5) is 5.69 Å². The maximum atomic E-state index is 7.00. The fourth-order valence-electron chi connectivity index (χ4n) is 1.56. The smallest absolute Gasteiger partial charge is 0.0349 e. The highest BCUT2D eigenvalue weighted by atomic mass is 16.2. The highest BCUT2D eigenvalue weighted by molar-refractivity contribution is 5.49. The lowest BCUT2D eigenvalue weighted by Crippen LogP contribution is -1.98. The molecule has 2 heteroatoms. The van der Waals surface area contributed by atoms with Crippen LogP contribution in [0.25, 0.3) is 0 Å². The van der Waals surface area contributed by atoms with Crippen molar-refractivity contribution in [2.75, 3.05) is 12.8 Å². The molecule has 0 radical (unpaired) electrons. The minimum absolute atomic E-state index is 0.701. The van der Waals surface area contributed by atoms with Crippen LogP contribution in [-0.4, -0.2) is 12.2 Å². The molecule has 0 saturated carbocycles. The van der Waals surface area contributed by atoms with E-state index < -0.39 is 0 Å². The molecule has 0 saturated heterocycles. The molecule has 0 amide bonds. The fraction of sp³-hybridized carbons (Fsp3) is 0.538. The molecule has 0 bridgehead atoms. The van der Waals surface area contributed by atoms with Crippen molar-refractivity contribution in [1.82, 2.24) is 0 Å². The maximum absolute atomic E-state index is 7.00. The summed E-state index contributed by atoms with van der Waals surface area (Å²) in [7, 11) is 1.00. The van der Waals surface area contributed by atoms with Crippen LogP contribution in [0.15, 0.2) is 18.2 Å². The Labute approximate surface area is 93.1 Å². The van der Waals surface area contributed by atoms with E-state index in [1.807, 2.05) is 0 Å². The molecule has 1 aromatic carbocycles. The second kappa shape index (κ2) is 7.30. The Morgan fingerprint density at radius 1 is 1.27 bits per heavy atom. The molecule has 0 heterocycles. The molecule has 1 rings (SSSR count). The second-order valence-corrected chi connectivity index (χ2v) is 3.98. The predicted molar refractivity (Wildman–Crippen MR) is 66.9 cm³/mol. The van der Waals surface area contributed by atoms with Crippen molar-refractivity contribution in [3.63, 3.8) is 0 Å². The fourth-order valence-corrected chi connectivity index (χ4v) is 1.56. The van der Waals surface area contributed by atoms with Gasteiger partial charge in [-0.25, -0.2) is 0 Å². The molecule has 0 aliphatic carbocycles. The third-order valence-corrected chi connectivity index (χ3v) is 2.24. The average molecular weight is 209 g/mol. The molecule has 3 N–H and O–H groups in total. The van der Waals surface area contributed by atoms with Crippen molar-refractivity contribution in [3.05, 3.63) is 29.3 Å². The standard InChI is InChI=1S/C12H19N.CH4O/c1-4-11-6-5-10(7-9(2)3)8-12(11)13;1-2/h5-6,8-9H,4,7,13H2,1-3H3;2H,1H3. The van der Waals surface area contributed by atoms with E-state index in [0.717, 1.165) is 25.6 Å². The molecule has 0 aliphatic heterocycles. The van der Waals surface area contributed by atoms with Crippen molar-refractivity contribution in [2.24, 2.45) is 5.92 Å². The number of aliphatic hydroxyl groups excluding tert-OH is 1. The third-order valence-electron chi connectivity index (χ3n) is 2.24. The van der Waals surface area contributed by atoms with Crippen molar-refractivity contribution < 1.29 is 5.11 Å². The maximum Gasteiger partial charge on any atom is 0.0349 e. The Balaban J connectivity index is 0.000000921. The zero-order valence-corrected chi connectivity index (χ0v) is 10.2. The van der Waals surface area contributed by atoms with E-state index in [1.165, 1.54) is 11.1 Å². The molecule has 0 fully saturated rings. The molecule has 2 nitrogen and oxygen atoms in total. The summed E-state index contributed by atoms with van der Waals surface area (Å²) in [5.74, 6) is 0.701. The number of hydrogen-bond donors (Lipinski definition) is 2. The van der Waals surface area contributed by atoms with Crippen molar-refractivity contribution in [2.45, 2.75) is 33.6 Å². The van der Waals surface area contributed by atoms with Crippen LogP contribution in [0.5, 0.6) is 0 Å². The Bertz CT molecular complexity index is 282. The van der Waals surface area contributed by atoms with E-state index in [0.29, 0.717) is 5.92 Å². The minimum atomic E-state index is 0.701. The summed E-state index contributed by atoms with van der Waals surface area (Å²) in [5.41, 5.74) is 9.46. The van der Waals surface area contributed by atoms with Crippen LogP contribution in [0, 0.1) is 5.92 Å².